The van der Waals surface area contributed by atoms with Gasteiger partial charge >= 0.3 is 0 Å². The average Bonchev–Trinajstić information content (AvgIpc) is 3.15. The van der Waals surface area contributed by atoms with Crippen molar-refractivity contribution in [3.05, 3.63) is 167 Å². The average molecular weight is 651 g/mol. The van der Waals surface area contributed by atoms with E-state index in [1.807, 2.05) is 48.5 Å². The van der Waals surface area contributed by atoms with Gasteiger partial charge in [0.2, 0.25) is 0 Å². The van der Waals surface area contributed by atoms with E-state index in [9.17, 15) is 8.78 Å². The summed E-state index contributed by atoms with van der Waals surface area (Å²) in [4.78, 5) is 0. The van der Waals surface area contributed by atoms with Crippen LogP contribution in [0, 0.1) is 11.6 Å². The molecule has 0 saturated carbocycles. The van der Waals surface area contributed by atoms with Crippen LogP contribution in [0.25, 0.3) is 44.5 Å². The zero-order valence-corrected chi connectivity index (χ0v) is 29.4. The Balaban J connectivity index is 0.000000191. The Kier molecular flexibility index (Phi) is 12.7. The van der Waals surface area contributed by atoms with Crippen molar-refractivity contribution < 1.29 is 8.78 Å². The Morgan fingerprint density at radius 2 is 0.694 bits per heavy atom. The van der Waals surface area contributed by atoms with Crippen molar-refractivity contribution in [2.45, 2.75) is 72.6 Å². The monoisotopic (exact) mass is 650 g/mol. The molecule has 0 spiro atoms. The highest BCUT2D eigenvalue weighted by molar-refractivity contribution is 5.72. The molecular weight excluding hydrogens is 603 g/mol. The molecule has 0 atom stereocenters. The molecule has 0 radical (unpaired) electrons. The van der Waals surface area contributed by atoms with Crippen LogP contribution < -0.4 is 0 Å². The molecule has 0 nitrogen and oxygen atoms in total. The molecule has 250 valence electrons. The van der Waals surface area contributed by atoms with E-state index in [0.29, 0.717) is 11.1 Å². The molecule has 0 fully saturated rings. The van der Waals surface area contributed by atoms with Crippen molar-refractivity contribution in [2.24, 2.45) is 0 Å². The molecule has 6 aromatic carbocycles. The van der Waals surface area contributed by atoms with Crippen LogP contribution in [0.3, 0.4) is 0 Å². The lowest BCUT2D eigenvalue weighted by Gasteiger charge is -2.09. The number of hydrogen-bond acceptors (Lipinski definition) is 0. The van der Waals surface area contributed by atoms with E-state index in [4.69, 9.17) is 0 Å². The van der Waals surface area contributed by atoms with Crippen LogP contribution in [0.4, 0.5) is 8.78 Å². The van der Waals surface area contributed by atoms with Gasteiger partial charge in [0.05, 0.1) is 0 Å². The Labute approximate surface area is 292 Å². The molecule has 0 bridgehead atoms. The number of rotatable bonds is 11. The molecule has 0 unspecified atom stereocenters. The van der Waals surface area contributed by atoms with Crippen molar-refractivity contribution in [1.29, 1.82) is 0 Å². The second kappa shape index (κ2) is 17.5. The van der Waals surface area contributed by atoms with Crippen LogP contribution in [0.5, 0.6) is 0 Å². The van der Waals surface area contributed by atoms with Crippen LogP contribution in [0.2, 0.25) is 0 Å². The molecule has 0 saturated heterocycles. The van der Waals surface area contributed by atoms with Crippen molar-refractivity contribution in [3.63, 3.8) is 0 Å². The van der Waals surface area contributed by atoms with E-state index in [1.54, 1.807) is 12.1 Å². The highest BCUT2D eigenvalue weighted by Gasteiger charge is 2.09. The summed E-state index contributed by atoms with van der Waals surface area (Å²) < 4.78 is 29.3. The van der Waals surface area contributed by atoms with Crippen molar-refractivity contribution in [3.8, 4) is 44.5 Å². The predicted molar refractivity (Wildman–Crippen MR) is 206 cm³/mol. The van der Waals surface area contributed by atoms with Crippen LogP contribution in [-0.4, -0.2) is 0 Å². The summed E-state index contributed by atoms with van der Waals surface area (Å²) in [5, 5.41) is 0. The first-order valence-electron chi connectivity index (χ1n) is 17.9. The van der Waals surface area contributed by atoms with Crippen molar-refractivity contribution in [1.82, 2.24) is 0 Å². The molecule has 0 amide bonds. The number of aryl methyl sites for hydroxylation is 4. The highest BCUT2D eigenvalue weighted by atomic mass is 19.1. The zero-order valence-electron chi connectivity index (χ0n) is 29.4. The van der Waals surface area contributed by atoms with Gasteiger partial charge in [-0.2, -0.15) is 0 Å². The Hall–Kier alpha value is -4.82. The largest absolute Gasteiger partial charge is 0.206 e. The second-order valence-electron chi connectivity index (χ2n) is 12.7. The number of benzene rings is 6. The first-order valence-corrected chi connectivity index (χ1v) is 17.9. The lowest BCUT2D eigenvalue weighted by molar-refractivity contribution is 0.631. The Morgan fingerprint density at radius 1 is 0.347 bits per heavy atom. The summed E-state index contributed by atoms with van der Waals surface area (Å²) in [6.45, 7) is 8.63. The lowest BCUT2D eigenvalue weighted by atomic mass is 9.97. The van der Waals surface area contributed by atoms with E-state index < -0.39 is 0 Å². The molecular formula is C47H48F2. The van der Waals surface area contributed by atoms with E-state index in [-0.39, 0.29) is 11.6 Å². The Morgan fingerprint density at radius 3 is 1.04 bits per heavy atom. The molecule has 6 rings (SSSR count). The molecule has 0 aliphatic carbocycles. The maximum Gasteiger partial charge on any atom is 0.131 e. The van der Waals surface area contributed by atoms with Gasteiger partial charge in [-0.3, -0.25) is 0 Å². The van der Waals surface area contributed by atoms with Gasteiger partial charge in [0, 0.05) is 11.1 Å². The normalized spacial score (nSPS) is 10.8. The van der Waals surface area contributed by atoms with E-state index >= 15 is 0 Å². The standard InChI is InChI=1S/C24H25F.C23H23F/c1-3-5-6-19-9-13-21(14-10-19)23-16-15-22(17-24(23)25)20-11-7-18(4-2)8-12-20;1-3-5-18-8-12-20(13-9-18)22-15-14-21(16-23(22)24)19-10-6-17(4-2)7-11-19/h7-17H,3-6H2,1-2H3;6-16H,3-5H2,1-2H3. The van der Waals surface area contributed by atoms with Crippen LogP contribution in [0.15, 0.2) is 133 Å². The zero-order chi connectivity index (χ0) is 34.6. The van der Waals surface area contributed by atoms with Gasteiger partial charge in [-0.1, -0.05) is 162 Å². The topological polar surface area (TPSA) is 0 Å². The summed E-state index contributed by atoms with van der Waals surface area (Å²) in [6.07, 6.45) is 7.69. The molecule has 0 heterocycles. The molecule has 49 heavy (non-hydrogen) atoms. The fraction of sp³-hybridized carbons (Fsp3) is 0.234. The van der Waals surface area contributed by atoms with Gasteiger partial charge in [-0.15, -0.1) is 0 Å². The summed E-state index contributed by atoms with van der Waals surface area (Å²) >= 11 is 0. The highest BCUT2D eigenvalue weighted by Crippen LogP contribution is 2.30. The maximum absolute atomic E-state index is 14.7. The minimum atomic E-state index is -0.171. The molecule has 0 aliphatic rings. The van der Waals surface area contributed by atoms with Gasteiger partial charge in [-0.05, 0) is 99.9 Å². The molecule has 0 N–H and O–H groups in total. The third-order valence-corrected chi connectivity index (χ3v) is 9.22. The number of unbranched alkanes of at least 4 members (excludes halogenated alkanes) is 1. The van der Waals surface area contributed by atoms with Crippen molar-refractivity contribution in [2.75, 3.05) is 0 Å². The Bertz CT molecular complexity index is 1900. The van der Waals surface area contributed by atoms with Gasteiger partial charge < -0.3 is 0 Å². The fourth-order valence-corrected chi connectivity index (χ4v) is 6.09. The predicted octanol–water partition coefficient (Wildman–Crippen LogP) is 13.7. The molecule has 2 heteroatoms. The fourth-order valence-electron chi connectivity index (χ4n) is 6.09. The smallest absolute Gasteiger partial charge is 0.131 e. The van der Waals surface area contributed by atoms with Gasteiger partial charge in [0.15, 0.2) is 0 Å². The van der Waals surface area contributed by atoms with E-state index in [1.165, 1.54) is 35.1 Å². The van der Waals surface area contributed by atoms with E-state index in [2.05, 4.69) is 100 Å². The number of halogens is 2. The van der Waals surface area contributed by atoms with E-state index in [0.717, 1.165) is 65.5 Å². The molecule has 0 aromatic heterocycles. The van der Waals surface area contributed by atoms with Gasteiger partial charge in [0.25, 0.3) is 0 Å². The molecule has 0 aliphatic heterocycles. The van der Waals surface area contributed by atoms with Crippen LogP contribution in [0.1, 0.15) is 69.2 Å². The third kappa shape index (κ3) is 9.42. The third-order valence-electron chi connectivity index (χ3n) is 9.22. The van der Waals surface area contributed by atoms with Gasteiger partial charge in [0.1, 0.15) is 11.6 Å². The summed E-state index contributed by atoms with van der Waals surface area (Å²) in [5.41, 5.74) is 12.3. The minimum Gasteiger partial charge on any atom is -0.206 e. The second-order valence-corrected chi connectivity index (χ2v) is 12.7. The maximum atomic E-state index is 14.7. The lowest BCUT2D eigenvalue weighted by Crippen LogP contribution is -1.89. The minimum absolute atomic E-state index is 0.168. The molecule has 6 aromatic rings. The quantitative estimate of drug-likeness (QED) is 0.131. The number of hydrogen-bond donors (Lipinski definition) is 0. The van der Waals surface area contributed by atoms with Crippen molar-refractivity contribution >= 4 is 0 Å². The summed E-state index contributed by atoms with van der Waals surface area (Å²) in [5.74, 6) is -0.339. The van der Waals surface area contributed by atoms with Gasteiger partial charge in [-0.25, -0.2) is 8.78 Å². The SMILES string of the molecule is CCCCc1ccc(-c2ccc(-c3ccc(CC)cc3)cc2F)cc1.CCCc1ccc(-c2ccc(-c3ccc(CC)cc3)cc2F)cc1. The first-order chi connectivity index (χ1) is 23.9. The van der Waals surface area contributed by atoms with Crippen LogP contribution >= 0.6 is 0 Å². The summed E-state index contributed by atoms with van der Waals surface area (Å²) in [7, 11) is 0. The van der Waals surface area contributed by atoms with Crippen LogP contribution in [-0.2, 0) is 25.7 Å². The first kappa shape index (κ1) is 35.5. The summed E-state index contributed by atoms with van der Waals surface area (Å²) in [6, 6.07) is 44.2.